The van der Waals surface area contributed by atoms with Crippen molar-refractivity contribution in [2.75, 3.05) is 11.1 Å². The molecule has 4 aromatic heterocycles. The monoisotopic (exact) mass is 424 g/mol. The lowest BCUT2D eigenvalue weighted by atomic mass is 10.2. The molecule has 0 unspecified atom stereocenters. The van der Waals surface area contributed by atoms with Crippen molar-refractivity contribution in [3.05, 3.63) is 49.3 Å². The van der Waals surface area contributed by atoms with Crippen molar-refractivity contribution in [3.8, 4) is 11.6 Å². The quantitative estimate of drug-likeness (QED) is 0.480. The Morgan fingerprint density at radius 1 is 0.935 bits per heavy atom. The van der Waals surface area contributed by atoms with Crippen LogP contribution in [0.4, 0.5) is 16.2 Å². The van der Waals surface area contributed by atoms with Crippen LogP contribution in [0, 0.1) is 0 Å². The first-order chi connectivity index (χ1) is 14.8. The van der Waals surface area contributed by atoms with Gasteiger partial charge in [0, 0.05) is 0 Å². The number of aromatic nitrogens is 10. The number of pyridine rings is 2. The van der Waals surface area contributed by atoms with E-state index in [4.69, 9.17) is 10.5 Å². The summed E-state index contributed by atoms with van der Waals surface area (Å²) in [6, 6.07) is 6.85. The molecule has 0 saturated heterocycles. The van der Waals surface area contributed by atoms with E-state index in [1.807, 2.05) is 0 Å². The molecule has 0 aliphatic carbocycles. The molecule has 0 radical (unpaired) electrons. The van der Waals surface area contributed by atoms with Crippen LogP contribution < -0.4 is 11.1 Å². The smallest absolute Gasteiger partial charge is 0.412 e. The number of amides is 1. The maximum atomic E-state index is 11.5. The van der Waals surface area contributed by atoms with Gasteiger partial charge in [-0.1, -0.05) is 0 Å². The Balaban J connectivity index is 0.000000194. The first kappa shape index (κ1) is 21.2. The highest BCUT2D eigenvalue weighted by molar-refractivity contribution is 5.84. The van der Waals surface area contributed by atoms with Crippen molar-refractivity contribution >= 4 is 17.5 Å². The van der Waals surface area contributed by atoms with Gasteiger partial charge in [0.1, 0.15) is 18.3 Å². The molecule has 14 nitrogen and oxygen atoms in total. The van der Waals surface area contributed by atoms with Crippen LogP contribution in [0.3, 0.4) is 0 Å². The van der Waals surface area contributed by atoms with Gasteiger partial charge in [-0.05, 0) is 65.9 Å². The van der Waals surface area contributed by atoms with Gasteiger partial charge in [0.25, 0.3) is 0 Å². The third-order valence-electron chi connectivity index (χ3n) is 3.33. The summed E-state index contributed by atoms with van der Waals surface area (Å²) in [6.45, 7) is 5.39. The Kier molecular flexibility index (Phi) is 6.39. The molecule has 0 fully saturated rings. The summed E-state index contributed by atoms with van der Waals surface area (Å²) in [5.74, 6) is 1.20. The van der Waals surface area contributed by atoms with Crippen LogP contribution >= 0.6 is 0 Å². The number of carbonyl (C=O) groups is 1. The van der Waals surface area contributed by atoms with E-state index < -0.39 is 11.7 Å². The van der Waals surface area contributed by atoms with Gasteiger partial charge in [-0.2, -0.15) is 9.36 Å². The number of anilines is 2. The molecule has 14 heteroatoms. The van der Waals surface area contributed by atoms with Crippen molar-refractivity contribution < 1.29 is 9.53 Å². The number of nitrogens with zero attached hydrogens (tertiary/aromatic N) is 10. The van der Waals surface area contributed by atoms with E-state index in [0.717, 1.165) is 0 Å². The van der Waals surface area contributed by atoms with Gasteiger partial charge in [0.15, 0.2) is 11.6 Å². The summed E-state index contributed by atoms with van der Waals surface area (Å²) < 4.78 is 8.00. The number of hydrogen-bond acceptors (Lipinski definition) is 11. The predicted octanol–water partition coefficient (Wildman–Crippen LogP) is 1.04. The van der Waals surface area contributed by atoms with Crippen LogP contribution in [0.1, 0.15) is 20.8 Å². The molecular formula is C17H20N12O2. The van der Waals surface area contributed by atoms with E-state index in [-0.39, 0.29) is 0 Å². The summed E-state index contributed by atoms with van der Waals surface area (Å²) in [5, 5.41) is 24.0. The zero-order valence-corrected chi connectivity index (χ0v) is 17.0. The lowest BCUT2D eigenvalue weighted by Gasteiger charge is -2.19. The second-order valence-electron chi connectivity index (χ2n) is 6.99. The number of nitrogens with two attached hydrogens (primary N) is 1. The summed E-state index contributed by atoms with van der Waals surface area (Å²) in [5.41, 5.74) is 6.07. The number of rotatable bonds is 3. The Hall–Kier alpha value is -4.49. The molecule has 0 aromatic carbocycles. The molecule has 4 aromatic rings. The summed E-state index contributed by atoms with van der Waals surface area (Å²) in [6.07, 6.45) is 5.43. The average Bonchev–Trinajstić information content (AvgIpc) is 3.43. The summed E-state index contributed by atoms with van der Waals surface area (Å²) in [7, 11) is 0. The van der Waals surface area contributed by atoms with Crippen LogP contribution in [0.25, 0.3) is 11.6 Å². The number of hydrogen-bond donors (Lipinski definition) is 2. The fourth-order valence-electron chi connectivity index (χ4n) is 2.08. The molecule has 0 aliphatic rings. The fraction of sp³-hybridized carbons (Fsp3) is 0.235. The van der Waals surface area contributed by atoms with Crippen LogP contribution in [0.2, 0.25) is 0 Å². The van der Waals surface area contributed by atoms with Gasteiger partial charge in [-0.25, -0.2) is 14.8 Å². The van der Waals surface area contributed by atoms with Crippen LogP contribution in [0.15, 0.2) is 49.3 Å². The zero-order valence-electron chi connectivity index (χ0n) is 17.0. The largest absolute Gasteiger partial charge is 0.444 e. The molecular weight excluding hydrogens is 404 g/mol. The predicted molar refractivity (Wildman–Crippen MR) is 108 cm³/mol. The molecule has 0 aliphatic heterocycles. The van der Waals surface area contributed by atoms with E-state index in [1.165, 1.54) is 28.2 Å². The van der Waals surface area contributed by atoms with Crippen LogP contribution in [0.5, 0.6) is 0 Å². The normalized spacial score (nSPS) is 10.7. The number of nitrogens with one attached hydrogen (secondary N) is 1. The highest BCUT2D eigenvalue weighted by atomic mass is 16.6. The minimum atomic E-state index is -0.538. The van der Waals surface area contributed by atoms with Crippen molar-refractivity contribution in [2.24, 2.45) is 0 Å². The zero-order chi connectivity index (χ0) is 22.3. The highest BCUT2D eigenvalue weighted by Gasteiger charge is 2.16. The summed E-state index contributed by atoms with van der Waals surface area (Å²) >= 11 is 0. The summed E-state index contributed by atoms with van der Waals surface area (Å²) in [4.78, 5) is 19.7. The van der Waals surface area contributed by atoms with Gasteiger partial charge < -0.3 is 10.5 Å². The third kappa shape index (κ3) is 6.52. The van der Waals surface area contributed by atoms with Gasteiger partial charge >= 0.3 is 6.09 Å². The molecule has 4 rings (SSSR count). The van der Waals surface area contributed by atoms with Gasteiger partial charge in [0.05, 0.1) is 23.8 Å². The number of tetrazole rings is 2. The maximum Gasteiger partial charge on any atom is 0.412 e. The van der Waals surface area contributed by atoms with Crippen LogP contribution in [-0.4, -0.2) is 62.1 Å². The molecule has 0 spiro atoms. The van der Waals surface area contributed by atoms with Crippen molar-refractivity contribution in [1.82, 2.24) is 50.4 Å². The molecule has 3 N–H and O–H groups in total. The Morgan fingerprint density at radius 3 is 1.94 bits per heavy atom. The molecule has 0 atom stereocenters. The lowest BCUT2D eigenvalue weighted by Crippen LogP contribution is -2.27. The minimum absolute atomic E-state index is 0.524. The number of ether oxygens (including phenoxy) is 1. The van der Waals surface area contributed by atoms with E-state index in [9.17, 15) is 4.79 Å². The highest BCUT2D eigenvalue weighted by Crippen LogP contribution is 2.12. The van der Waals surface area contributed by atoms with E-state index >= 15 is 0 Å². The van der Waals surface area contributed by atoms with E-state index in [0.29, 0.717) is 23.0 Å². The Labute approximate surface area is 176 Å². The van der Waals surface area contributed by atoms with Gasteiger partial charge in [0.2, 0.25) is 0 Å². The molecule has 1 amide bonds. The van der Waals surface area contributed by atoms with Crippen LogP contribution in [-0.2, 0) is 4.74 Å². The first-order valence-electron chi connectivity index (χ1n) is 8.94. The van der Waals surface area contributed by atoms with Crippen molar-refractivity contribution in [2.45, 2.75) is 26.4 Å². The number of carbonyl (C=O) groups excluding carboxylic acids is 1. The van der Waals surface area contributed by atoms with E-state index in [1.54, 1.807) is 51.2 Å². The lowest BCUT2D eigenvalue weighted by molar-refractivity contribution is 0.0636. The van der Waals surface area contributed by atoms with Gasteiger partial charge in [-0.3, -0.25) is 5.32 Å². The van der Waals surface area contributed by atoms with E-state index in [2.05, 4.69) is 46.3 Å². The Bertz CT molecular complexity index is 1070. The van der Waals surface area contributed by atoms with Gasteiger partial charge in [-0.15, -0.1) is 10.2 Å². The SMILES string of the molecule is CC(C)(C)OC(=O)Nc1ccc(-n2cnnn2)nc1.Nc1ccc(-n2cnnn2)nc1. The number of nitrogen functional groups attached to an aromatic ring is 1. The van der Waals surface area contributed by atoms with Crippen molar-refractivity contribution in [1.29, 1.82) is 0 Å². The molecule has 160 valence electrons. The second-order valence-corrected chi connectivity index (χ2v) is 6.99. The standard InChI is InChI=1S/C11H14N6O2.C6H6N6/c1-11(2,3)19-10(18)14-8-4-5-9(12-6-8)17-7-13-15-16-17;7-5-1-2-6(8-3-5)12-4-9-10-11-12/h4-7H,1-3H3,(H,14,18);1-4H,7H2. The first-order valence-corrected chi connectivity index (χ1v) is 8.94. The third-order valence-corrected chi connectivity index (χ3v) is 3.33. The molecule has 0 saturated carbocycles. The minimum Gasteiger partial charge on any atom is -0.444 e. The fourth-order valence-corrected chi connectivity index (χ4v) is 2.08. The van der Waals surface area contributed by atoms with Crippen molar-refractivity contribution in [3.63, 3.8) is 0 Å². The molecule has 4 heterocycles. The molecule has 31 heavy (non-hydrogen) atoms. The molecule has 0 bridgehead atoms. The average molecular weight is 424 g/mol. The Morgan fingerprint density at radius 2 is 1.52 bits per heavy atom. The topological polar surface area (TPSA) is 177 Å². The second kappa shape index (κ2) is 9.34. The maximum absolute atomic E-state index is 11.5.